The normalized spacial score (nSPS) is 10.6. The fraction of sp³-hybridized carbons (Fsp3) is 0.294. The molecule has 0 fully saturated rings. The van der Waals surface area contributed by atoms with Gasteiger partial charge in [-0.15, -0.1) is 0 Å². The molecule has 112 valence electrons. The predicted octanol–water partition coefficient (Wildman–Crippen LogP) is 5.07. The van der Waals surface area contributed by atoms with Gasteiger partial charge in [-0.05, 0) is 36.7 Å². The summed E-state index contributed by atoms with van der Waals surface area (Å²) in [6.07, 6.45) is 1.12. The summed E-state index contributed by atoms with van der Waals surface area (Å²) in [5, 5.41) is 4.50. The molecule has 0 atom stereocenters. The number of ether oxygens (including phenoxy) is 1. The van der Waals surface area contributed by atoms with Crippen LogP contribution >= 0.6 is 23.2 Å². The topological polar surface area (TPSA) is 21.3 Å². The van der Waals surface area contributed by atoms with Gasteiger partial charge in [-0.2, -0.15) is 0 Å². The molecule has 0 aliphatic carbocycles. The third-order valence-corrected chi connectivity index (χ3v) is 3.83. The van der Waals surface area contributed by atoms with E-state index < -0.39 is 0 Å². The molecular weight excluding hydrogens is 305 g/mol. The van der Waals surface area contributed by atoms with Crippen LogP contribution in [0.1, 0.15) is 24.5 Å². The molecule has 2 aromatic carbocycles. The van der Waals surface area contributed by atoms with E-state index in [-0.39, 0.29) is 0 Å². The highest BCUT2D eigenvalue weighted by Gasteiger charge is 2.04. The van der Waals surface area contributed by atoms with Crippen molar-refractivity contribution in [3.63, 3.8) is 0 Å². The van der Waals surface area contributed by atoms with Gasteiger partial charge in [0.25, 0.3) is 0 Å². The highest BCUT2D eigenvalue weighted by atomic mass is 35.5. The van der Waals surface area contributed by atoms with Crippen LogP contribution in [0.15, 0.2) is 42.5 Å². The van der Waals surface area contributed by atoms with Crippen LogP contribution in [-0.2, 0) is 13.2 Å². The summed E-state index contributed by atoms with van der Waals surface area (Å²) in [6, 6.07) is 13.6. The minimum absolute atomic E-state index is 0.474. The summed E-state index contributed by atoms with van der Waals surface area (Å²) in [5.41, 5.74) is 2.16. The van der Waals surface area contributed by atoms with Crippen molar-refractivity contribution in [2.24, 2.45) is 0 Å². The number of hydrogen-bond acceptors (Lipinski definition) is 2. The van der Waals surface area contributed by atoms with Gasteiger partial charge in [0, 0.05) is 12.1 Å². The molecule has 4 heteroatoms. The largest absolute Gasteiger partial charge is 0.489 e. The van der Waals surface area contributed by atoms with Crippen molar-refractivity contribution in [2.75, 3.05) is 6.54 Å². The first-order chi connectivity index (χ1) is 10.2. The highest BCUT2D eigenvalue weighted by Crippen LogP contribution is 2.24. The van der Waals surface area contributed by atoms with Crippen molar-refractivity contribution >= 4 is 23.2 Å². The Bertz CT molecular complexity index is 587. The Morgan fingerprint density at radius 1 is 1.05 bits per heavy atom. The van der Waals surface area contributed by atoms with Crippen molar-refractivity contribution in [1.82, 2.24) is 5.32 Å². The first kappa shape index (κ1) is 16.2. The van der Waals surface area contributed by atoms with E-state index in [1.54, 1.807) is 6.07 Å². The summed E-state index contributed by atoms with van der Waals surface area (Å²) in [5.74, 6) is 0.896. The zero-order valence-corrected chi connectivity index (χ0v) is 13.5. The van der Waals surface area contributed by atoms with E-state index in [1.807, 2.05) is 30.3 Å². The van der Waals surface area contributed by atoms with Crippen LogP contribution in [0.3, 0.4) is 0 Å². The Morgan fingerprint density at radius 3 is 2.62 bits per heavy atom. The molecule has 0 heterocycles. The Kier molecular flexibility index (Phi) is 6.37. The fourth-order valence-corrected chi connectivity index (χ4v) is 2.30. The number of halogens is 2. The molecule has 0 bridgehead atoms. The molecule has 2 rings (SSSR count). The van der Waals surface area contributed by atoms with Crippen LogP contribution < -0.4 is 10.1 Å². The number of rotatable bonds is 7. The predicted molar refractivity (Wildman–Crippen MR) is 89.2 cm³/mol. The van der Waals surface area contributed by atoms with Crippen LogP contribution in [0.2, 0.25) is 10.0 Å². The molecule has 0 unspecified atom stereocenters. The monoisotopic (exact) mass is 323 g/mol. The van der Waals surface area contributed by atoms with Gasteiger partial charge in [-0.1, -0.05) is 54.4 Å². The summed E-state index contributed by atoms with van der Waals surface area (Å²) >= 11 is 11.9. The van der Waals surface area contributed by atoms with Gasteiger partial charge in [0.2, 0.25) is 0 Å². The second kappa shape index (κ2) is 8.28. The fourth-order valence-electron chi connectivity index (χ4n) is 1.98. The molecule has 0 aromatic heterocycles. The minimum Gasteiger partial charge on any atom is -0.489 e. The summed E-state index contributed by atoms with van der Waals surface area (Å²) in [4.78, 5) is 0. The van der Waals surface area contributed by atoms with Gasteiger partial charge in [0.1, 0.15) is 12.4 Å². The quantitative estimate of drug-likeness (QED) is 0.718. The van der Waals surface area contributed by atoms with Crippen LogP contribution in [0.5, 0.6) is 5.75 Å². The van der Waals surface area contributed by atoms with E-state index in [2.05, 4.69) is 18.3 Å². The average Bonchev–Trinajstić information content (AvgIpc) is 2.50. The van der Waals surface area contributed by atoms with E-state index in [1.165, 1.54) is 0 Å². The zero-order valence-electron chi connectivity index (χ0n) is 12.0. The zero-order chi connectivity index (χ0) is 15.1. The summed E-state index contributed by atoms with van der Waals surface area (Å²) in [6.45, 7) is 4.44. The van der Waals surface area contributed by atoms with E-state index in [0.717, 1.165) is 36.4 Å². The van der Waals surface area contributed by atoms with E-state index >= 15 is 0 Å². The molecule has 0 saturated heterocycles. The van der Waals surface area contributed by atoms with Crippen LogP contribution in [0.25, 0.3) is 0 Å². The third kappa shape index (κ3) is 4.92. The maximum atomic E-state index is 6.01. The van der Waals surface area contributed by atoms with E-state index in [9.17, 15) is 0 Å². The molecule has 0 aliphatic rings. The van der Waals surface area contributed by atoms with Gasteiger partial charge in [0.05, 0.1) is 10.0 Å². The highest BCUT2D eigenvalue weighted by molar-refractivity contribution is 6.42. The first-order valence-corrected chi connectivity index (χ1v) is 7.81. The molecule has 0 radical (unpaired) electrons. The van der Waals surface area contributed by atoms with E-state index in [0.29, 0.717) is 16.7 Å². The van der Waals surface area contributed by atoms with Gasteiger partial charge in [-0.25, -0.2) is 0 Å². The SMILES string of the molecule is CCCNCc1ccccc1OCc1ccc(Cl)c(Cl)c1. The third-order valence-electron chi connectivity index (χ3n) is 3.09. The number of benzene rings is 2. The van der Waals surface area contributed by atoms with Crippen molar-refractivity contribution in [3.8, 4) is 5.75 Å². The number of nitrogens with one attached hydrogen (secondary N) is 1. The molecular formula is C17H19Cl2NO. The smallest absolute Gasteiger partial charge is 0.124 e. The van der Waals surface area contributed by atoms with Crippen molar-refractivity contribution in [2.45, 2.75) is 26.5 Å². The number of hydrogen-bond donors (Lipinski definition) is 1. The maximum absolute atomic E-state index is 6.01. The lowest BCUT2D eigenvalue weighted by Crippen LogP contribution is -2.14. The van der Waals surface area contributed by atoms with E-state index in [4.69, 9.17) is 27.9 Å². The molecule has 0 amide bonds. The Balaban J connectivity index is 2.00. The van der Waals surface area contributed by atoms with Gasteiger partial charge >= 0.3 is 0 Å². The molecule has 0 spiro atoms. The lowest BCUT2D eigenvalue weighted by molar-refractivity contribution is 0.302. The molecule has 0 aliphatic heterocycles. The molecule has 1 N–H and O–H groups in total. The van der Waals surface area contributed by atoms with Crippen molar-refractivity contribution < 1.29 is 4.74 Å². The maximum Gasteiger partial charge on any atom is 0.124 e. The van der Waals surface area contributed by atoms with Gasteiger partial charge in [0.15, 0.2) is 0 Å². The molecule has 0 saturated carbocycles. The average molecular weight is 324 g/mol. The molecule has 2 aromatic rings. The van der Waals surface area contributed by atoms with Crippen LogP contribution in [-0.4, -0.2) is 6.54 Å². The molecule has 21 heavy (non-hydrogen) atoms. The second-order valence-electron chi connectivity index (χ2n) is 4.82. The summed E-state index contributed by atoms with van der Waals surface area (Å²) < 4.78 is 5.91. The van der Waals surface area contributed by atoms with Gasteiger partial charge < -0.3 is 10.1 Å². The Labute approximate surface area is 136 Å². The van der Waals surface area contributed by atoms with Crippen LogP contribution in [0, 0.1) is 0 Å². The Morgan fingerprint density at radius 2 is 1.86 bits per heavy atom. The molecule has 2 nitrogen and oxygen atoms in total. The van der Waals surface area contributed by atoms with Crippen molar-refractivity contribution in [3.05, 3.63) is 63.6 Å². The lowest BCUT2D eigenvalue weighted by Gasteiger charge is -2.12. The van der Waals surface area contributed by atoms with Crippen LogP contribution in [0.4, 0.5) is 0 Å². The van der Waals surface area contributed by atoms with Crippen molar-refractivity contribution in [1.29, 1.82) is 0 Å². The lowest BCUT2D eigenvalue weighted by atomic mass is 10.2. The standard InChI is InChI=1S/C17H19Cl2NO/c1-2-9-20-11-14-5-3-4-6-17(14)21-12-13-7-8-15(18)16(19)10-13/h3-8,10,20H,2,9,11-12H2,1H3. The second-order valence-corrected chi connectivity index (χ2v) is 5.64. The first-order valence-electron chi connectivity index (χ1n) is 7.06. The minimum atomic E-state index is 0.474. The number of para-hydroxylation sites is 1. The summed E-state index contributed by atoms with van der Waals surface area (Å²) in [7, 11) is 0. The van der Waals surface area contributed by atoms with Gasteiger partial charge in [-0.3, -0.25) is 0 Å². The Hall–Kier alpha value is -1.22.